The molecule has 0 spiro atoms. The van der Waals surface area contributed by atoms with Crippen molar-refractivity contribution >= 4 is 19.8 Å². The van der Waals surface area contributed by atoms with Crippen molar-refractivity contribution in [3.8, 4) is 0 Å². The second-order valence-corrected chi connectivity index (χ2v) is 15.1. The third kappa shape index (κ3) is 5.56. The molecule has 2 aromatic rings. The Morgan fingerprint density at radius 1 is 1.32 bits per heavy atom. The summed E-state index contributed by atoms with van der Waals surface area (Å²) < 4.78 is 14.3. The maximum Gasteiger partial charge on any atom is 0.351 e. The van der Waals surface area contributed by atoms with Crippen molar-refractivity contribution in [2.45, 2.75) is 90.1 Å². The zero-order valence-electron chi connectivity index (χ0n) is 21.1. The van der Waals surface area contributed by atoms with Crippen LogP contribution in [0.5, 0.6) is 0 Å². The lowest BCUT2D eigenvalue weighted by atomic mass is 10.1. The molecule has 186 valence electrons. The van der Waals surface area contributed by atoms with Crippen LogP contribution < -0.4 is 11.0 Å². The van der Waals surface area contributed by atoms with Gasteiger partial charge in [0.05, 0.1) is 28.7 Å². The maximum atomic E-state index is 12.9. The number of hydrogen-bond acceptors (Lipinski definition) is 7. The van der Waals surface area contributed by atoms with Crippen LogP contribution in [0.3, 0.4) is 0 Å². The Labute approximate surface area is 201 Å². The van der Waals surface area contributed by atoms with Gasteiger partial charge in [-0.2, -0.15) is 4.98 Å². The topological polar surface area (TPSA) is 109 Å². The van der Waals surface area contributed by atoms with Crippen molar-refractivity contribution in [2.75, 3.05) is 5.32 Å². The summed E-state index contributed by atoms with van der Waals surface area (Å²) in [6.45, 7) is 14.9. The van der Waals surface area contributed by atoms with Crippen LogP contribution in [0.4, 0.5) is 11.5 Å². The average molecular weight is 489 g/mol. The van der Waals surface area contributed by atoms with E-state index in [4.69, 9.17) is 9.16 Å². The molecule has 1 aliphatic rings. The highest BCUT2D eigenvalue weighted by atomic mass is 28.4. The van der Waals surface area contributed by atoms with Gasteiger partial charge in [-0.3, -0.25) is 14.7 Å². The second-order valence-electron chi connectivity index (χ2n) is 10.4. The van der Waals surface area contributed by atoms with Crippen molar-refractivity contribution in [3.63, 3.8) is 0 Å². The van der Waals surface area contributed by atoms with Gasteiger partial charge in [0, 0.05) is 18.7 Å². The summed E-state index contributed by atoms with van der Waals surface area (Å²) in [5.74, 6) is 0.353. The summed E-state index contributed by atoms with van der Waals surface area (Å²) in [4.78, 5) is 27.9. The van der Waals surface area contributed by atoms with Crippen LogP contribution in [-0.4, -0.2) is 35.0 Å². The molecule has 10 heteroatoms. The molecule has 1 saturated heterocycles. The Morgan fingerprint density at radius 3 is 2.59 bits per heavy atom. The van der Waals surface area contributed by atoms with E-state index in [1.165, 1.54) is 10.6 Å². The molecular formula is C24H36N4O5Si. The standard InChI is InChI=1S/C24H36N4O5Si/c1-8-19-20(33-34(6,7)24(3,4)5)15-22(32-19)27-14-13-21(26-23(27)29)25-16(2)17-11-9-10-12-18(17)28(30)31/h9-14,16,19-20,22H,8,15H2,1-7H3,(H,25,26,29)/t16?,19-,20?,22-/m1/s1. The fraction of sp³-hybridized carbons (Fsp3) is 0.583. The van der Waals surface area contributed by atoms with E-state index in [0.717, 1.165) is 6.42 Å². The van der Waals surface area contributed by atoms with E-state index in [9.17, 15) is 14.9 Å². The minimum absolute atomic E-state index is 0.0218. The monoisotopic (exact) mass is 488 g/mol. The van der Waals surface area contributed by atoms with E-state index in [2.05, 4.69) is 51.1 Å². The fourth-order valence-corrected chi connectivity index (χ4v) is 5.30. The number of nitro benzene ring substituents is 1. The SMILES string of the molecule is CC[C@H]1O[C@@H](n2ccc(NC(C)c3ccccc3[N+](=O)[O-])nc2=O)CC1O[Si](C)(C)C(C)(C)C. The molecule has 0 amide bonds. The van der Waals surface area contributed by atoms with Crippen LogP contribution in [0.15, 0.2) is 41.3 Å². The zero-order valence-corrected chi connectivity index (χ0v) is 22.1. The molecule has 0 aliphatic carbocycles. The Kier molecular flexibility index (Phi) is 7.64. The second kappa shape index (κ2) is 9.97. The molecule has 2 heterocycles. The summed E-state index contributed by atoms with van der Waals surface area (Å²) in [5, 5.41) is 14.5. The van der Waals surface area contributed by atoms with E-state index in [1.54, 1.807) is 37.4 Å². The molecule has 1 N–H and O–H groups in total. The van der Waals surface area contributed by atoms with E-state index in [0.29, 0.717) is 17.8 Å². The Morgan fingerprint density at radius 2 is 2.00 bits per heavy atom. The first-order valence-electron chi connectivity index (χ1n) is 11.8. The summed E-state index contributed by atoms with van der Waals surface area (Å²) in [5.41, 5.74) is 0.107. The minimum atomic E-state index is -1.99. The van der Waals surface area contributed by atoms with Crippen molar-refractivity contribution in [2.24, 2.45) is 0 Å². The smallest absolute Gasteiger partial charge is 0.351 e. The first-order valence-corrected chi connectivity index (χ1v) is 14.7. The van der Waals surface area contributed by atoms with Gasteiger partial charge < -0.3 is 14.5 Å². The van der Waals surface area contributed by atoms with E-state index < -0.39 is 31.2 Å². The van der Waals surface area contributed by atoms with Gasteiger partial charge in [-0.1, -0.05) is 45.9 Å². The van der Waals surface area contributed by atoms with Crippen LogP contribution >= 0.6 is 0 Å². The molecule has 1 aliphatic heterocycles. The largest absolute Gasteiger partial charge is 0.411 e. The van der Waals surface area contributed by atoms with Crippen LogP contribution in [-0.2, 0) is 9.16 Å². The van der Waals surface area contributed by atoms with Crippen molar-refractivity contribution in [1.82, 2.24) is 9.55 Å². The summed E-state index contributed by atoms with van der Waals surface area (Å²) in [6.07, 6.45) is 2.45. The average Bonchev–Trinajstić information content (AvgIpc) is 3.14. The van der Waals surface area contributed by atoms with E-state index >= 15 is 0 Å². The number of rotatable bonds is 8. The number of anilines is 1. The first kappa shape index (κ1) is 26.0. The van der Waals surface area contributed by atoms with Gasteiger partial charge in [0.2, 0.25) is 0 Å². The number of para-hydroxylation sites is 1. The molecule has 0 saturated carbocycles. The number of ether oxygens (including phenoxy) is 1. The highest BCUT2D eigenvalue weighted by Crippen LogP contribution is 2.41. The number of benzene rings is 1. The Bertz CT molecular complexity index is 1080. The number of nitrogens with zero attached hydrogens (tertiary/aromatic N) is 3. The van der Waals surface area contributed by atoms with Gasteiger partial charge in [-0.25, -0.2) is 4.79 Å². The molecule has 4 atom stereocenters. The molecule has 1 aromatic carbocycles. The molecule has 2 unspecified atom stereocenters. The van der Waals surface area contributed by atoms with Gasteiger partial charge in [-0.05, 0) is 37.5 Å². The van der Waals surface area contributed by atoms with Gasteiger partial charge in [0.1, 0.15) is 12.0 Å². The summed E-state index contributed by atoms with van der Waals surface area (Å²) >= 11 is 0. The van der Waals surface area contributed by atoms with Gasteiger partial charge >= 0.3 is 5.69 Å². The lowest BCUT2D eigenvalue weighted by Gasteiger charge is -2.39. The van der Waals surface area contributed by atoms with E-state index in [-0.39, 0.29) is 22.9 Å². The van der Waals surface area contributed by atoms with Crippen molar-refractivity contribution in [1.29, 1.82) is 0 Å². The maximum absolute atomic E-state index is 12.9. The van der Waals surface area contributed by atoms with Crippen LogP contribution in [0.1, 0.15) is 65.3 Å². The normalized spacial score (nSPS) is 21.9. The molecule has 0 bridgehead atoms. The van der Waals surface area contributed by atoms with Crippen molar-refractivity contribution in [3.05, 3.63) is 62.7 Å². The minimum Gasteiger partial charge on any atom is -0.411 e. The summed E-state index contributed by atoms with van der Waals surface area (Å²) in [7, 11) is -1.99. The lowest BCUT2D eigenvalue weighted by molar-refractivity contribution is -0.385. The lowest BCUT2D eigenvalue weighted by Crippen LogP contribution is -2.45. The summed E-state index contributed by atoms with van der Waals surface area (Å²) in [6, 6.07) is 7.81. The van der Waals surface area contributed by atoms with Crippen LogP contribution in [0.25, 0.3) is 0 Å². The molecule has 9 nitrogen and oxygen atoms in total. The van der Waals surface area contributed by atoms with Crippen molar-refractivity contribution < 1.29 is 14.1 Å². The van der Waals surface area contributed by atoms with Crippen LogP contribution in [0.2, 0.25) is 18.1 Å². The van der Waals surface area contributed by atoms with Gasteiger partial charge in [0.15, 0.2) is 8.32 Å². The third-order valence-electron chi connectivity index (χ3n) is 6.94. The zero-order chi connectivity index (χ0) is 25.3. The predicted octanol–water partition coefficient (Wildman–Crippen LogP) is 5.41. The molecule has 0 radical (unpaired) electrons. The highest BCUT2D eigenvalue weighted by Gasteiger charge is 2.44. The quantitative estimate of drug-likeness (QED) is 0.300. The number of hydrogen-bond donors (Lipinski definition) is 1. The number of nitrogens with one attached hydrogen (secondary N) is 1. The van der Waals surface area contributed by atoms with E-state index in [1.807, 2.05) is 0 Å². The molecular weight excluding hydrogens is 452 g/mol. The fourth-order valence-electron chi connectivity index (χ4n) is 3.94. The van der Waals surface area contributed by atoms with Gasteiger partial charge in [-0.15, -0.1) is 0 Å². The third-order valence-corrected chi connectivity index (χ3v) is 11.4. The van der Waals surface area contributed by atoms with Gasteiger partial charge in [0.25, 0.3) is 5.69 Å². The molecule has 1 fully saturated rings. The highest BCUT2D eigenvalue weighted by molar-refractivity contribution is 6.74. The van der Waals surface area contributed by atoms with Crippen LogP contribution in [0, 0.1) is 10.1 Å². The Hall–Kier alpha value is -2.56. The number of nitro groups is 1. The molecule has 1 aromatic heterocycles. The molecule has 34 heavy (non-hydrogen) atoms. The predicted molar refractivity (Wildman–Crippen MR) is 135 cm³/mol. The molecule has 3 rings (SSSR count). The first-order chi connectivity index (χ1) is 15.8. The number of aromatic nitrogens is 2. The Balaban J connectivity index is 1.75.